The molecule has 0 amide bonds. The summed E-state index contributed by atoms with van der Waals surface area (Å²) in [7, 11) is 0. The summed E-state index contributed by atoms with van der Waals surface area (Å²) in [6.07, 6.45) is 0. The molecule has 0 fully saturated rings. The third-order valence-electron chi connectivity index (χ3n) is 4.87. The minimum absolute atomic E-state index is 0.222. The van der Waals surface area contributed by atoms with Crippen LogP contribution in [0.2, 0.25) is 0 Å². The van der Waals surface area contributed by atoms with Crippen molar-refractivity contribution >= 4 is 10.9 Å². The lowest BCUT2D eigenvalue weighted by atomic mass is 9.78. The normalized spacial score (nSPS) is 11.0. The van der Waals surface area contributed by atoms with E-state index in [1.54, 1.807) is 0 Å². The van der Waals surface area contributed by atoms with E-state index < -0.39 is 0 Å². The van der Waals surface area contributed by atoms with Gasteiger partial charge in [-0.05, 0) is 35.4 Å². The monoisotopic (exact) mass is 371 g/mol. The van der Waals surface area contributed by atoms with E-state index >= 15 is 0 Å². The van der Waals surface area contributed by atoms with Crippen molar-refractivity contribution in [2.45, 2.75) is 33.1 Å². The van der Waals surface area contributed by atoms with Gasteiger partial charge in [0.05, 0.1) is 10.9 Å². The number of benzene rings is 3. The summed E-state index contributed by atoms with van der Waals surface area (Å²) < 4.78 is 5.48. The highest BCUT2D eigenvalue weighted by atomic mass is 16.4. The van der Waals surface area contributed by atoms with Gasteiger partial charge in [0.1, 0.15) is 0 Å². The first-order valence-electron chi connectivity index (χ1n) is 9.62. The van der Waals surface area contributed by atoms with Gasteiger partial charge in [-0.15, -0.1) is 0 Å². The third-order valence-corrected chi connectivity index (χ3v) is 4.87. The molecule has 3 nitrogen and oxygen atoms in total. The average molecular weight is 371 g/mol. The molecule has 0 saturated heterocycles. The number of nitrogens with zero attached hydrogens (tertiary/aromatic N) is 1. The summed E-state index contributed by atoms with van der Waals surface area (Å²) >= 11 is 0. The number of aromatic nitrogens is 1. The van der Waals surface area contributed by atoms with Crippen LogP contribution in [0.1, 0.15) is 38.8 Å². The minimum atomic E-state index is -0.362. The van der Waals surface area contributed by atoms with Crippen LogP contribution in [0.5, 0.6) is 0 Å². The Morgan fingerprint density at radius 3 is 2.04 bits per heavy atom. The number of rotatable bonds is 3. The van der Waals surface area contributed by atoms with Crippen molar-refractivity contribution in [3.05, 3.63) is 100 Å². The van der Waals surface area contributed by atoms with Crippen LogP contribution in [0.15, 0.2) is 88.1 Å². The second kappa shape index (κ2) is 8.22. The first kappa shape index (κ1) is 19.6. The highest BCUT2D eigenvalue weighted by Crippen LogP contribution is 2.32. The Labute approximate surface area is 165 Å². The number of hydrogen-bond donors (Lipinski definition) is 0. The number of fused-ring (bicyclic) bond motifs is 1. The Bertz CT molecular complexity index is 1110. The molecule has 4 rings (SSSR count). The molecule has 0 radical (unpaired) electrons. The Balaban J connectivity index is 0.00000109. The second-order valence-corrected chi connectivity index (χ2v) is 6.90. The van der Waals surface area contributed by atoms with Crippen molar-refractivity contribution < 1.29 is 4.42 Å². The molecule has 0 bridgehead atoms. The van der Waals surface area contributed by atoms with Gasteiger partial charge in [0.25, 0.3) is 0 Å². The first-order chi connectivity index (χ1) is 13.6. The molecule has 0 unspecified atom stereocenters. The molecule has 0 atom stereocenters. The maximum Gasteiger partial charge on any atom is 0.347 e. The van der Waals surface area contributed by atoms with Crippen LogP contribution in [0.3, 0.4) is 0 Å². The van der Waals surface area contributed by atoms with Gasteiger partial charge in [-0.3, -0.25) is 0 Å². The summed E-state index contributed by atoms with van der Waals surface area (Å²) in [5.41, 5.74) is 3.10. The zero-order valence-corrected chi connectivity index (χ0v) is 16.8. The van der Waals surface area contributed by atoms with E-state index in [0.717, 1.165) is 11.1 Å². The fraction of sp³-hybridized carbons (Fsp3) is 0.200. The molecule has 3 heteroatoms. The topological polar surface area (TPSA) is 43.1 Å². The summed E-state index contributed by atoms with van der Waals surface area (Å²) in [5, 5.41) is 0.506. The van der Waals surface area contributed by atoms with Crippen LogP contribution >= 0.6 is 0 Å². The SMILES string of the molecule is CC.CC(C)(c1ccccc1)c1ccc2nc(-c3ccccc3)oc(=O)c2c1. The lowest BCUT2D eigenvalue weighted by Crippen LogP contribution is -2.19. The summed E-state index contributed by atoms with van der Waals surface area (Å²) in [6.45, 7) is 8.30. The van der Waals surface area contributed by atoms with Gasteiger partial charge in [0, 0.05) is 11.0 Å². The van der Waals surface area contributed by atoms with Crippen molar-refractivity contribution in [2.24, 2.45) is 0 Å². The minimum Gasteiger partial charge on any atom is -0.403 e. The van der Waals surface area contributed by atoms with Gasteiger partial charge in [-0.2, -0.15) is 0 Å². The molecule has 0 N–H and O–H groups in total. The Kier molecular flexibility index (Phi) is 5.74. The molecule has 28 heavy (non-hydrogen) atoms. The lowest BCUT2D eigenvalue weighted by molar-refractivity contribution is 0.518. The molecule has 1 heterocycles. The largest absolute Gasteiger partial charge is 0.403 e. The molecule has 0 aliphatic rings. The Morgan fingerprint density at radius 2 is 1.39 bits per heavy atom. The van der Waals surface area contributed by atoms with Gasteiger partial charge in [-0.25, -0.2) is 9.78 Å². The maximum absolute atomic E-state index is 12.6. The predicted octanol–water partition coefficient (Wildman–Crippen LogP) is 6.21. The van der Waals surface area contributed by atoms with E-state index in [0.29, 0.717) is 16.8 Å². The summed E-state index contributed by atoms with van der Waals surface area (Å²) in [4.78, 5) is 17.1. The van der Waals surface area contributed by atoms with Gasteiger partial charge in [-0.1, -0.05) is 82.3 Å². The van der Waals surface area contributed by atoms with Crippen LogP contribution < -0.4 is 5.63 Å². The summed E-state index contributed by atoms with van der Waals surface area (Å²) in [6, 6.07) is 25.6. The van der Waals surface area contributed by atoms with E-state index in [-0.39, 0.29) is 11.0 Å². The van der Waals surface area contributed by atoms with Crippen molar-refractivity contribution in [1.29, 1.82) is 0 Å². The van der Waals surface area contributed by atoms with Crippen LogP contribution in [-0.4, -0.2) is 4.98 Å². The molecule has 3 aromatic carbocycles. The predicted molar refractivity (Wildman–Crippen MR) is 116 cm³/mol. The van der Waals surface area contributed by atoms with Crippen molar-refractivity contribution in [2.75, 3.05) is 0 Å². The zero-order chi connectivity index (χ0) is 20.1. The standard InChI is InChI=1S/C23H19NO2.C2H6/c1-23(2,17-11-7-4-8-12-17)18-13-14-20-19(15-18)22(25)26-21(24-20)16-9-5-3-6-10-16;1-2/h3-15H,1-2H3;1-2H3. The van der Waals surface area contributed by atoms with E-state index in [4.69, 9.17) is 4.42 Å². The van der Waals surface area contributed by atoms with Crippen LogP contribution in [-0.2, 0) is 5.41 Å². The van der Waals surface area contributed by atoms with Crippen LogP contribution in [0.4, 0.5) is 0 Å². The first-order valence-corrected chi connectivity index (χ1v) is 9.62. The molecule has 1 aromatic heterocycles. The van der Waals surface area contributed by atoms with Crippen molar-refractivity contribution in [3.63, 3.8) is 0 Å². The third kappa shape index (κ3) is 3.74. The molecule has 0 saturated carbocycles. The fourth-order valence-corrected chi connectivity index (χ4v) is 3.19. The zero-order valence-electron chi connectivity index (χ0n) is 16.8. The van der Waals surface area contributed by atoms with Crippen molar-refractivity contribution in [1.82, 2.24) is 4.98 Å². The van der Waals surface area contributed by atoms with Gasteiger partial charge in [0.2, 0.25) is 5.89 Å². The molecular formula is C25H25NO2. The molecule has 0 aliphatic heterocycles. The second-order valence-electron chi connectivity index (χ2n) is 6.90. The van der Waals surface area contributed by atoms with E-state index in [9.17, 15) is 4.79 Å². The Hall–Kier alpha value is -3.20. The smallest absolute Gasteiger partial charge is 0.347 e. The molecular weight excluding hydrogens is 346 g/mol. The molecule has 0 spiro atoms. The quantitative estimate of drug-likeness (QED) is 0.430. The van der Waals surface area contributed by atoms with Crippen LogP contribution in [0.25, 0.3) is 22.4 Å². The van der Waals surface area contributed by atoms with E-state index in [1.165, 1.54) is 5.56 Å². The average Bonchev–Trinajstić information content (AvgIpc) is 2.76. The van der Waals surface area contributed by atoms with E-state index in [1.807, 2.05) is 80.6 Å². The van der Waals surface area contributed by atoms with Crippen molar-refractivity contribution in [3.8, 4) is 11.5 Å². The molecule has 142 valence electrons. The lowest BCUT2D eigenvalue weighted by Gasteiger charge is -2.26. The van der Waals surface area contributed by atoms with E-state index in [2.05, 4.69) is 31.0 Å². The number of hydrogen-bond acceptors (Lipinski definition) is 3. The van der Waals surface area contributed by atoms with Gasteiger partial charge >= 0.3 is 5.63 Å². The molecule has 0 aliphatic carbocycles. The maximum atomic E-state index is 12.6. The Morgan fingerprint density at radius 1 is 0.786 bits per heavy atom. The fourth-order valence-electron chi connectivity index (χ4n) is 3.19. The van der Waals surface area contributed by atoms with Crippen LogP contribution in [0, 0.1) is 0 Å². The summed E-state index contributed by atoms with van der Waals surface area (Å²) in [5.74, 6) is 0.346. The molecule has 4 aromatic rings. The highest BCUT2D eigenvalue weighted by Gasteiger charge is 2.23. The van der Waals surface area contributed by atoms with Gasteiger partial charge < -0.3 is 4.42 Å². The van der Waals surface area contributed by atoms with Gasteiger partial charge in [0.15, 0.2) is 0 Å². The highest BCUT2D eigenvalue weighted by molar-refractivity contribution is 5.80.